The van der Waals surface area contributed by atoms with Gasteiger partial charge in [0.1, 0.15) is 0 Å². The summed E-state index contributed by atoms with van der Waals surface area (Å²) in [6, 6.07) is 8.48. The van der Waals surface area contributed by atoms with Crippen LogP contribution in [0.4, 0.5) is 10.5 Å². The van der Waals surface area contributed by atoms with Crippen LogP contribution in [0.1, 0.15) is 44.6 Å². The third-order valence-corrected chi connectivity index (χ3v) is 5.29. The normalized spacial score (nSPS) is 22.2. The Labute approximate surface area is 151 Å². The first-order valence-corrected chi connectivity index (χ1v) is 9.62. The monoisotopic (exact) mass is 345 g/mol. The van der Waals surface area contributed by atoms with Gasteiger partial charge in [-0.2, -0.15) is 0 Å². The van der Waals surface area contributed by atoms with E-state index in [9.17, 15) is 4.79 Å². The van der Waals surface area contributed by atoms with E-state index in [0.717, 1.165) is 57.9 Å². The molecule has 1 aromatic rings. The van der Waals surface area contributed by atoms with Crippen LogP contribution in [0.5, 0.6) is 0 Å². The summed E-state index contributed by atoms with van der Waals surface area (Å²) in [6.45, 7) is 9.69. The second kappa shape index (κ2) is 8.68. The molecule has 0 saturated carbocycles. The highest BCUT2D eigenvalue weighted by atomic mass is 16.5. The fourth-order valence-electron chi connectivity index (χ4n) is 3.84. The number of carbonyl (C=O) groups is 1. The Kier molecular flexibility index (Phi) is 6.32. The zero-order valence-electron chi connectivity index (χ0n) is 15.5. The number of benzene rings is 1. The van der Waals surface area contributed by atoms with Gasteiger partial charge in [-0.1, -0.05) is 32.0 Å². The van der Waals surface area contributed by atoms with Gasteiger partial charge in [0.05, 0.1) is 13.2 Å². The molecule has 1 atom stereocenters. The lowest BCUT2D eigenvalue weighted by molar-refractivity contribution is 0.0229. The van der Waals surface area contributed by atoms with Gasteiger partial charge < -0.3 is 15.0 Å². The van der Waals surface area contributed by atoms with Gasteiger partial charge in [-0.05, 0) is 36.8 Å². The number of amides is 2. The Hall–Kier alpha value is -1.59. The molecule has 2 amide bonds. The third-order valence-electron chi connectivity index (χ3n) is 5.29. The Morgan fingerprint density at radius 1 is 1.20 bits per heavy atom. The van der Waals surface area contributed by atoms with Crippen LogP contribution in [0, 0.1) is 0 Å². The summed E-state index contributed by atoms with van der Waals surface area (Å²) in [5.74, 6) is 0.391. The molecule has 2 saturated heterocycles. The van der Waals surface area contributed by atoms with E-state index < -0.39 is 0 Å². The fraction of sp³-hybridized carbons (Fsp3) is 0.650. The SMILES string of the molecule is CC(C)c1ccccc1NC(=O)N1CCCC[C@H]1CN1CCOCC1. The van der Waals surface area contributed by atoms with Crippen molar-refractivity contribution in [2.45, 2.75) is 45.1 Å². The number of nitrogens with zero attached hydrogens (tertiary/aromatic N) is 2. The highest BCUT2D eigenvalue weighted by Crippen LogP contribution is 2.25. The summed E-state index contributed by atoms with van der Waals surface area (Å²) in [5, 5.41) is 3.17. The molecular formula is C20H31N3O2. The standard InChI is InChI=1S/C20H31N3O2/c1-16(2)18-8-3-4-9-19(18)21-20(24)23-10-6-5-7-17(23)15-22-11-13-25-14-12-22/h3-4,8-9,16-17H,5-7,10-15H2,1-2H3,(H,21,24)/t17-/m0/s1. The number of anilines is 1. The van der Waals surface area contributed by atoms with Crippen molar-refractivity contribution in [3.63, 3.8) is 0 Å². The lowest BCUT2D eigenvalue weighted by atomic mass is 10.0. The highest BCUT2D eigenvalue weighted by molar-refractivity contribution is 5.90. The molecule has 0 spiro atoms. The summed E-state index contributed by atoms with van der Waals surface area (Å²) in [4.78, 5) is 17.5. The summed E-state index contributed by atoms with van der Waals surface area (Å²) in [5.41, 5.74) is 2.13. The van der Waals surface area contributed by atoms with E-state index >= 15 is 0 Å². The number of carbonyl (C=O) groups excluding carboxylic acids is 1. The Bertz CT molecular complexity index is 570. The van der Waals surface area contributed by atoms with Crippen molar-refractivity contribution in [2.24, 2.45) is 0 Å². The number of rotatable bonds is 4. The van der Waals surface area contributed by atoms with Gasteiger partial charge in [-0.15, -0.1) is 0 Å². The smallest absolute Gasteiger partial charge is 0.322 e. The first-order chi connectivity index (χ1) is 12.1. The second-order valence-corrected chi connectivity index (χ2v) is 7.43. The predicted molar refractivity (Wildman–Crippen MR) is 101 cm³/mol. The van der Waals surface area contributed by atoms with Crippen molar-refractivity contribution in [1.82, 2.24) is 9.80 Å². The van der Waals surface area contributed by atoms with Gasteiger partial charge in [0, 0.05) is 37.9 Å². The highest BCUT2D eigenvalue weighted by Gasteiger charge is 2.29. The van der Waals surface area contributed by atoms with Crippen LogP contribution in [0.2, 0.25) is 0 Å². The summed E-state index contributed by atoms with van der Waals surface area (Å²) >= 11 is 0. The van der Waals surface area contributed by atoms with Crippen LogP contribution in [0.25, 0.3) is 0 Å². The molecule has 25 heavy (non-hydrogen) atoms. The molecule has 2 aliphatic rings. The molecule has 138 valence electrons. The molecule has 0 bridgehead atoms. The summed E-state index contributed by atoms with van der Waals surface area (Å²) in [6.07, 6.45) is 3.40. The lowest BCUT2D eigenvalue weighted by Crippen LogP contribution is -2.52. The maximum atomic E-state index is 13.0. The lowest BCUT2D eigenvalue weighted by Gasteiger charge is -2.39. The van der Waals surface area contributed by atoms with Crippen LogP contribution in [-0.2, 0) is 4.74 Å². The molecular weight excluding hydrogens is 314 g/mol. The van der Waals surface area contributed by atoms with E-state index in [0.29, 0.717) is 12.0 Å². The van der Waals surface area contributed by atoms with Gasteiger partial charge in [0.25, 0.3) is 0 Å². The quantitative estimate of drug-likeness (QED) is 0.908. The van der Waals surface area contributed by atoms with Crippen molar-refractivity contribution >= 4 is 11.7 Å². The second-order valence-electron chi connectivity index (χ2n) is 7.43. The number of nitrogens with one attached hydrogen (secondary N) is 1. The van der Waals surface area contributed by atoms with E-state index in [1.807, 2.05) is 18.2 Å². The molecule has 1 N–H and O–H groups in total. The van der Waals surface area contributed by atoms with Crippen LogP contribution in [0.15, 0.2) is 24.3 Å². The average Bonchev–Trinajstić information content (AvgIpc) is 2.63. The first-order valence-electron chi connectivity index (χ1n) is 9.62. The number of ether oxygens (including phenoxy) is 1. The molecule has 0 aliphatic carbocycles. The van der Waals surface area contributed by atoms with Gasteiger partial charge in [0.2, 0.25) is 0 Å². The maximum Gasteiger partial charge on any atom is 0.322 e. The minimum atomic E-state index is 0.0473. The summed E-state index contributed by atoms with van der Waals surface area (Å²) < 4.78 is 5.44. The van der Waals surface area contributed by atoms with Gasteiger partial charge in [-0.25, -0.2) is 4.79 Å². The van der Waals surface area contributed by atoms with Crippen molar-refractivity contribution in [2.75, 3.05) is 44.7 Å². The Morgan fingerprint density at radius 3 is 2.72 bits per heavy atom. The van der Waals surface area contributed by atoms with Crippen molar-refractivity contribution in [3.05, 3.63) is 29.8 Å². The van der Waals surface area contributed by atoms with Crippen LogP contribution in [0.3, 0.4) is 0 Å². The molecule has 2 heterocycles. The molecule has 0 aromatic heterocycles. The fourth-order valence-corrected chi connectivity index (χ4v) is 3.84. The number of urea groups is 1. The maximum absolute atomic E-state index is 13.0. The number of para-hydroxylation sites is 1. The van der Waals surface area contributed by atoms with Gasteiger partial charge >= 0.3 is 6.03 Å². The van der Waals surface area contributed by atoms with Crippen molar-refractivity contribution < 1.29 is 9.53 Å². The molecule has 5 heteroatoms. The zero-order valence-corrected chi connectivity index (χ0v) is 15.5. The number of hydrogen-bond donors (Lipinski definition) is 1. The third kappa shape index (κ3) is 4.73. The largest absolute Gasteiger partial charge is 0.379 e. The number of morpholine rings is 1. The number of likely N-dealkylation sites (tertiary alicyclic amines) is 1. The molecule has 2 aliphatic heterocycles. The van der Waals surface area contributed by atoms with Crippen molar-refractivity contribution in [3.8, 4) is 0 Å². The van der Waals surface area contributed by atoms with E-state index in [4.69, 9.17) is 4.74 Å². The van der Waals surface area contributed by atoms with Gasteiger partial charge in [0.15, 0.2) is 0 Å². The minimum absolute atomic E-state index is 0.0473. The minimum Gasteiger partial charge on any atom is -0.379 e. The molecule has 2 fully saturated rings. The van der Waals surface area contributed by atoms with Crippen molar-refractivity contribution in [1.29, 1.82) is 0 Å². The van der Waals surface area contributed by atoms with E-state index in [1.54, 1.807) is 0 Å². The molecule has 0 radical (unpaired) electrons. The van der Waals surface area contributed by atoms with E-state index in [-0.39, 0.29) is 6.03 Å². The average molecular weight is 345 g/mol. The predicted octanol–water partition coefficient (Wildman–Crippen LogP) is 3.53. The molecule has 1 aromatic carbocycles. The molecule has 5 nitrogen and oxygen atoms in total. The molecule has 3 rings (SSSR count). The molecule has 0 unspecified atom stereocenters. The number of piperidine rings is 1. The zero-order chi connectivity index (χ0) is 17.6. The number of hydrogen-bond acceptors (Lipinski definition) is 3. The first kappa shape index (κ1) is 18.2. The van der Waals surface area contributed by atoms with E-state index in [1.165, 1.54) is 12.0 Å². The van der Waals surface area contributed by atoms with Gasteiger partial charge in [-0.3, -0.25) is 4.90 Å². The summed E-state index contributed by atoms with van der Waals surface area (Å²) in [7, 11) is 0. The van der Waals surface area contributed by atoms with Crippen LogP contribution < -0.4 is 5.32 Å². The Morgan fingerprint density at radius 2 is 1.96 bits per heavy atom. The Balaban J connectivity index is 1.66. The van der Waals surface area contributed by atoms with Crippen LogP contribution >= 0.6 is 0 Å². The topological polar surface area (TPSA) is 44.8 Å². The van der Waals surface area contributed by atoms with E-state index in [2.05, 4.69) is 35.0 Å². The van der Waals surface area contributed by atoms with Crippen LogP contribution in [-0.4, -0.2) is 61.3 Å².